The summed E-state index contributed by atoms with van der Waals surface area (Å²) in [5, 5.41) is 20.3. The van der Waals surface area contributed by atoms with Gasteiger partial charge in [-0.1, -0.05) is 56.3 Å². The molecule has 2 aromatic carbocycles. The zero-order valence-electron chi connectivity index (χ0n) is 22.0. The molecule has 0 aromatic heterocycles. The van der Waals surface area contributed by atoms with E-state index in [2.05, 4.69) is 16.9 Å². The predicted molar refractivity (Wildman–Crippen MR) is 146 cm³/mol. The van der Waals surface area contributed by atoms with E-state index in [1.54, 1.807) is 45.2 Å². The van der Waals surface area contributed by atoms with Crippen molar-refractivity contribution < 1.29 is 29.0 Å². The van der Waals surface area contributed by atoms with Crippen LogP contribution in [0, 0.1) is 11.3 Å². The van der Waals surface area contributed by atoms with Crippen LogP contribution in [0.4, 0.5) is 5.69 Å². The van der Waals surface area contributed by atoms with Crippen LogP contribution in [-0.4, -0.2) is 47.5 Å². The van der Waals surface area contributed by atoms with Crippen molar-refractivity contribution >= 4 is 35.0 Å². The van der Waals surface area contributed by atoms with Crippen LogP contribution in [0.15, 0.2) is 71.7 Å². The molecule has 9 heteroatoms. The number of carboxylic acids is 1. The van der Waals surface area contributed by atoms with Gasteiger partial charge in [0.1, 0.15) is 18.3 Å². The first-order valence-electron chi connectivity index (χ1n) is 12.4. The Morgan fingerprint density at radius 3 is 2.29 bits per heavy atom. The largest absolute Gasteiger partial charge is 0.497 e. The number of Topliss-reactive ketones (excluding diaryl/α,β-unsaturated/α-hetero) is 1. The molecule has 0 aliphatic heterocycles. The molecular weight excluding hydrogens is 486 g/mol. The predicted octanol–water partition coefficient (Wildman–Crippen LogP) is 4.87. The number of benzene rings is 2. The minimum Gasteiger partial charge on any atom is -0.497 e. The minimum absolute atomic E-state index is 0.142. The molecule has 0 radical (unpaired) electrons. The second kappa shape index (κ2) is 15.1. The van der Waals surface area contributed by atoms with Gasteiger partial charge in [0.25, 0.3) is 0 Å². The highest BCUT2D eigenvalue weighted by atomic mass is 16.5. The van der Waals surface area contributed by atoms with Crippen molar-refractivity contribution in [2.45, 2.75) is 52.2 Å². The van der Waals surface area contributed by atoms with Gasteiger partial charge in [-0.3, -0.25) is 14.4 Å². The Hall–Kier alpha value is -4.27. The highest BCUT2D eigenvalue weighted by Gasteiger charge is 2.31. The number of nitrogens with zero attached hydrogens (tertiary/aromatic N) is 1. The van der Waals surface area contributed by atoms with E-state index >= 15 is 0 Å². The van der Waals surface area contributed by atoms with E-state index in [1.165, 1.54) is 0 Å². The molecule has 38 heavy (non-hydrogen) atoms. The lowest BCUT2D eigenvalue weighted by Gasteiger charge is -2.22. The molecule has 0 aliphatic carbocycles. The van der Waals surface area contributed by atoms with E-state index in [1.807, 2.05) is 30.3 Å². The van der Waals surface area contributed by atoms with Crippen molar-refractivity contribution in [3.05, 3.63) is 72.3 Å². The molecule has 0 saturated heterocycles. The van der Waals surface area contributed by atoms with Gasteiger partial charge in [-0.05, 0) is 42.7 Å². The summed E-state index contributed by atoms with van der Waals surface area (Å²) in [5.41, 5.74) is 1.65. The zero-order chi connectivity index (χ0) is 28.1. The number of rotatable bonds is 15. The van der Waals surface area contributed by atoms with Gasteiger partial charge in [-0.25, -0.2) is 4.99 Å². The van der Waals surface area contributed by atoms with Crippen LogP contribution in [0.5, 0.6) is 5.75 Å². The molecule has 9 nitrogen and oxygen atoms in total. The molecule has 0 spiro atoms. The molecule has 3 N–H and O–H groups in total. The molecule has 0 fully saturated rings. The number of carbonyl (C=O) groups excluding carboxylic acids is 2. The molecule has 0 aliphatic rings. The monoisotopic (exact) mass is 521 g/mol. The molecular formula is C29H35N3O6. The average Bonchev–Trinajstić information content (AvgIpc) is 2.91. The summed E-state index contributed by atoms with van der Waals surface area (Å²) >= 11 is 0. The minimum atomic E-state index is -1.15. The topological polar surface area (TPSA) is 138 Å². The van der Waals surface area contributed by atoms with Crippen molar-refractivity contribution in [1.82, 2.24) is 5.32 Å². The van der Waals surface area contributed by atoms with Gasteiger partial charge in [0.15, 0.2) is 11.7 Å². The Bertz CT molecular complexity index is 1160. The molecule has 0 saturated carbocycles. The molecule has 0 bridgehead atoms. The number of hydrogen-bond acceptors (Lipinski definition) is 7. The van der Waals surface area contributed by atoms with Gasteiger partial charge in [-0.2, -0.15) is 0 Å². The van der Waals surface area contributed by atoms with Crippen LogP contribution in [0.2, 0.25) is 0 Å². The van der Waals surface area contributed by atoms with Gasteiger partial charge < -0.3 is 25.3 Å². The SMILES string of the molecule is C=C(CC)C(CC(=O)O)NC(=O)C(CC)C(=O)C(=N)CC(=Nc1ccccc1)OCc1ccc(OC)cc1. The maximum absolute atomic E-state index is 13.1. The summed E-state index contributed by atoms with van der Waals surface area (Å²) in [6, 6.07) is 15.5. The molecule has 1 amide bonds. The number of methoxy groups -OCH3 is 1. The van der Waals surface area contributed by atoms with Crippen molar-refractivity contribution in [3.63, 3.8) is 0 Å². The van der Waals surface area contributed by atoms with E-state index in [4.69, 9.17) is 14.9 Å². The third kappa shape index (κ3) is 9.31. The Morgan fingerprint density at radius 2 is 1.74 bits per heavy atom. The fraction of sp³-hybridized carbons (Fsp3) is 0.345. The van der Waals surface area contributed by atoms with Crippen molar-refractivity contribution in [1.29, 1.82) is 5.41 Å². The number of ketones is 1. The Labute approximate surface area is 223 Å². The van der Waals surface area contributed by atoms with Gasteiger partial charge in [0.05, 0.1) is 37.4 Å². The quantitative estimate of drug-likeness (QED) is 0.132. The van der Waals surface area contributed by atoms with Gasteiger partial charge in [0, 0.05) is 0 Å². The van der Waals surface area contributed by atoms with Gasteiger partial charge in [0.2, 0.25) is 5.91 Å². The Kier molecular flexibility index (Phi) is 11.9. The molecule has 2 aromatic rings. The second-order valence-corrected chi connectivity index (χ2v) is 8.63. The van der Waals surface area contributed by atoms with Crippen molar-refractivity contribution in [3.8, 4) is 5.75 Å². The van der Waals surface area contributed by atoms with Crippen LogP contribution in [0.3, 0.4) is 0 Å². The highest BCUT2D eigenvalue weighted by molar-refractivity contribution is 6.45. The number of amides is 1. The first kappa shape index (κ1) is 30.0. The summed E-state index contributed by atoms with van der Waals surface area (Å²) in [6.45, 7) is 7.46. The summed E-state index contributed by atoms with van der Waals surface area (Å²) < 4.78 is 11.1. The molecule has 2 atom stereocenters. The van der Waals surface area contributed by atoms with Crippen LogP contribution < -0.4 is 10.1 Å². The van der Waals surface area contributed by atoms with E-state index in [0.29, 0.717) is 23.4 Å². The highest BCUT2D eigenvalue weighted by Crippen LogP contribution is 2.17. The van der Waals surface area contributed by atoms with Crippen LogP contribution in [0.1, 0.15) is 45.1 Å². The van der Waals surface area contributed by atoms with E-state index < -0.39 is 29.6 Å². The Balaban J connectivity index is 2.17. The zero-order valence-corrected chi connectivity index (χ0v) is 22.0. The number of hydrogen-bond donors (Lipinski definition) is 3. The third-order valence-electron chi connectivity index (χ3n) is 5.88. The molecule has 202 valence electrons. The Morgan fingerprint density at radius 1 is 1.08 bits per heavy atom. The standard InChI is InChI=1S/C29H35N3O6/c1-5-19(3)25(17-27(33)34)32-29(36)23(6-2)28(35)24(30)16-26(31-21-10-8-7-9-11-21)38-18-20-12-14-22(37-4)15-13-20/h7-15,23,25,30H,3,5-6,16-18H2,1-2,4H3,(H,32,36)(H,33,34). The second-order valence-electron chi connectivity index (χ2n) is 8.63. The van der Waals surface area contributed by atoms with Gasteiger partial charge >= 0.3 is 5.97 Å². The summed E-state index contributed by atoms with van der Waals surface area (Å²) in [7, 11) is 1.58. The molecule has 2 rings (SSSR count). The number of carboxylic acid groups (broad SMARTS) is 1. The summed E-state index contributed by atoms with van der Waals surface area (Å²) in [5.74, 6) is -2.69. The number of carbonyl (C=O) groups is 3. The first-order chi connectivity index (χ1) is 18.2. The average molecular weight is 522 g/mol. The van der Waals surface area contributed by atoms with E-state index in [-0.39, 0.29) is 37.5 Å². The normalized spacial score (nSPS) is 12.7. The number of aliphatic imine (C=N–C) groups is 1. The maximum atomic E-state index is 13.1. The number of aliphatic carboxylic acids is 1. The van der Waals surface area contributed by atoms with Crippen LogP contribution >= 0.6 is 0 Å². The lowest BCUT2D eigenvalue weighted by Crippen LogP contribution is -2.44. The maximum Gasteiger partial charge on any atom is 0.305 e. The van der Waals surface area contributed by atoms with Gasteiger partial charge in [-0.15, -0.1) is 0 Å². The number of ether oxygens (including phenoxy) is 2. The summed E-state index contributed by atoms with van der Waals surface area (Å²) in [4.78, 5) is 41.8. The lowest BCUT2D eigenvalue weighted by molar-refractivity contribution is -0.137. The fourth-order valence-electron chi connectivity index (χ4n) is 3.59. The van der Waals surface area contributed by atoms with Crippen molar-refractivity contribution in [2.24, 2.45) is 10.9 Å². The fourth-order valence-corrected chi connectivity index (χ4v) is 3.59. The van der Waals surface area contributed by atoms with E-state index in [9.17, 15) is 19.5 Å². The molecule has 0 heterocycles. The van der Waals surface area contributed by atoms with Crippen LogP contribution in [0.25, 0.3) is 0 Å². The summed E-state index contributed by atoms with van der Waals surface area (Å²) in [6.07, 6.45) is 0.0639. The van der Waals surface area contributed by atoms with Crippen molar-refractivity contribution in [2.75, 3.05) is 7.11 Å². The first-order valence-corrected chi connectivity index (χ1v) is 12.4. The van der Waals surface area contributed by atoms with E-state index in [0.717, 1.165) is 5.56 Å². The number of para-hydroxylation sites is 1. The number of nitrogens with one attached hydrogen (secondary N) is 2. The molecule has 2 unspecified atom stereocenters. The van der Waals surface area contributed by atoms with Crippen LogP contribution in [-0.2, 0) is 25.7 Å². The smallest absolute Gasteiger partial charge is 0.305 e. The third-order valence-corrected chi connectivity index (χ3v) is 5.88. The lowest BCUT2D eigenvalue weighted by atomic mass is 9.93.